The second-order valence-corrected chi connectivity index (χ2v) is 5.35. The van der Waals surface area contributed by atoms with Crippen molar-refractivity contribution >= 4 is 5.78 Å². The minimum absolute atomic E-state index is 0.0962. The maximum absolute atomic E-state index is 12.7. The Kier molecular flexibility index (Phi) is 3.74. The Balaban J connectivity index is 2.31. The molecule has 2 heteroatoms. The average molecular weight is 246 g/mol. The second kappa shape index (κ2) is 5.13. The number of carbonyl (C=O) groups is 1. The van der Waals surface area contributed by atoms with Gasteiger partial charge in [0.2, 0.25) is 0 Å². The summed E-state index contributed by atoms with van der Waals surface area (Å²) in [6.45, 7) is 4.13. The summed E-state index contributed by atoms with van der Waals surface area (Å²) in [6.07, 6.45) is 5.43. The fourth-order valence-electron chi connectivity index (χ4n) is 3.12. The zero-order valence-electron chi connectivity index (χ0n) is 11.6. The fourth-order valence-corrected chi connectivity index (χ4v) is 3.12. The van der Waals surface area contributed by atoms with Crippen LogP contribution in [0.5, 0.6) is 5.75 Å². The minimum Gasteiger partial charge on any atom is -0.496 e. The third kappa shape index (κ3) is 2.16. The minimum atomic E-state index is -0.0962. The number of ether oxygens (including phenoxy) is 1. The lowest BCUT2D eigenvalue weighted by molar-refractivity contribution is 0.0791. The van der Waals surface area contributed by atoms with Gasteiger partial charge in [0.1, 0.15) is 5.75 Å². The van der Waals surface area contributed by atoms with Gasteiger partial charge in [0.05, 0.1) is 7.11 Å². The first kappa shape index (κ1) is 13.1. The number of ketones is 1. The molecule has 1 fully saturated rings. The smallest absolute Gasteiger partial charge is 0.169 e. The summed E-state index contributed by atoms with van der Waals surface area (Å²) in [4.78, 5) is 12.7. The Bertz CT molecular complexity index is 442. The van der Waals surface area contributed by atoms with Crippen LogP contribution in [-0.4, -0.2) is 12.9 Å². The first-order valence-electron chi connectivity index (χ1n) is 6.82. The third-order valence-corrected chi connectivity index (χ3v) is 4.38. The van der Waals surface area contributed by atoms with Crippen molar-refractivity contribution in [3.05, 3.63) is 29.3 Å². The largest absolute Gasteiger partial charge is 0.496 e. The molecule has 1 aliphatic carbocycles. The first-order valence-corrected chi connectivity index (χ1v) is 6.82. The molecule has 0 atom stereocenters. The van der Waals surface area contributed by atoms with Crippen LogP contribution in [0.2, 0.25) is 0 Å². The molecule has 18 heavy (non-hydrogen) atoms. The van der Waals surface area contributed by atoms with Gasteiger partial charge in [0.25, 0.3) is 0 Å². The molecule has 0 spiro atoms. The van der Waals surface area contributed by atoms with Gasteiger partial charge in [0, 0.05) is 11.0 Å². The summed E-state index contributed by atoms with van der Waals surface area (Å²) in [6, 6.07) is 5.78. The number of rotatable bonds is 4. The van der Waals surface area contributed by atoms with Crippen molar-refractivity contribution in [2.24, 2.45) is 5.41 Å². The van der Waals surface area contributed by atoms with E-state index in [9.17, 15) is 4.79 Å². The second-order valence-electron chi connectivity index (χ2n) is 5.35. The van der Waals surface area contributed by atoms with Gasteiger partial charge in [-0.05, 0) is 49.9 Å². The average Bonchev–Trinajstić information content (AvgIpc) is 2.87. The van der Waals surface area contributed by atoms with Crippen LogP contribution in [-0.2, 0) is 0 Å². The first-order chi connectivity index (χ1) is 8.63. The Morgan fingerprint density at radius 1 is 1.33 bits per heavy atom. The monoisotopic (exact) mass is 246 g/mol. The summed E-state index contributed by atoms with van der Waals surface area (Å²) >= 11 is 0. The predicted molar refractivity (Wildman–Crippen MR) is 73.3 cm³/mol. The van der Waals surface area contributed by atoms with Crippen LogP contribution in [0.3, 0.4) is 0 Å². The van der Waals surface area contributed by atoms with Crippen LogP contribution in [0.15, 0.2) is 18.2 Å². The molecule has 0 aliphatic heterocycles. The highest BCUT2D eigenvalue weighted by Crippen LogP contribution is 2.43. The van der Waals surface area contributed by atoms with Crippen molar-refractivity contribution < 1.29 is 9.53 Å². The molecule has 0 aromatic heterocycles. The summed E-state index contributed by atoms with van der Waals surface area (Å²) in [5.41, 5.74) is 1.78. The van der Waals surface area contributed by atoms with E-state index in [0.29, 0.717) is 5.78 Å². The van der Waals surface area contributed by atoms with E-state index in [1.807, 2.05) is 25.1 Å². The highest BCUT2D eigenvalue weighted by atomic mass is 16.5. The van der Waals surface area contributed by atoms with Crippen molar-refractivity contribution in [2.45, 2.75) is 46.0 Å². The Morgan fingerprint density at radius 3 is 2.50 bits per heavy atom. The van der Waals surface area contributed by atoms with Crippen LogP contribution < -0.4 is 4.74 Å². The summed E-state index contributed by atoms with van der Waals surface area (Å²) in [5.74, 6) is 1.18. The van der Waals surface area contributed by atoms with E-state index in [0.717, 1.165) is 36.1 Å². The van der Waals surface area contributed by atoms with Crippen LogP contribution in [0.25, 0.3) is 0 Å². The van der Waals surface area contributed by atoms with E-state index in [1.165, 1.54) is 12.8 Å². The SMILES string of the molecule is CCC1(C(=O)c2ccc(OC)c(C)c2)CCCC1. The van der Waals surface area contributed by atoms with Gasteiger partial charge < -0.3 is 4.74 Å². The number of carbonyl (C=O) groups excluding carboxylic acids is 1. The van der Waals surface area contributed by atoms with Crippen LogP contribution in [0.1, 0.15) is 54.9 Å². The summed E-state index contributed by atoms with van der Waals surface area (Å²) in [5, 5.41) is 0. The van der Waals surface area contributed by atoms with Crippen molar-refractivity contribution in [3.8, 4) is 5.75 Å². The Morgan fingerprint density at radius 2 is 2.00 bits per heavy atom. The summed E-state index contributed by atoms with van der Waals surface area (Å²) in [7, 11) is 1.66. The molecular weight excluding hydrogens is 224 g/mol. The van der Waals surface area contributed by atoms with Gasteiger partial charge in [-0.25, -0.2) is 0 Å². The van der Waals surface area contributed by atoms with E-state index in [-0.39, 0.29) is 5.41 Å². The van der Waals surface area contributed by atoms with Crippen molar-refractivity contribution in [3.63, 3.8) is 0 Å². The number of hydrogen-bond acceptors (Lipinski definition) is 2. The molecule has 1 aromatic carbocycles. The van der Waals surface area contributed by atoms with E-state index < -0.39 is 0 Å². The molecule has 0 saturated heterocycles. The van der Waals surface area contributed by atoms with Crippen LogP contribution >= 0.6 is 0 Å². The predicted octanol–water partition coefficient (Wildman–Crippen LogP) is 4.16. The molecule has 98 valence electrons. The molecule has 2 rings (SSSR count). The van der Waals surface area contributed by atoms with Crippen LogP contribution in [0.4, 0.5) is 0 Å². The number of hydrogen-bond donors (Lipinski definition) is 0. The van der Waals surface area contributed by atoms with E-state index in [2.05, 4.69) is 6.92 Å². The zero-order chi connectivity index (χ0) is 13.2. The van der Waals surface area contributed by atoms with Crippen molar-refractivity contribution in [1.82, 2.24) is 0 Å². The molecule has 0 heterocycles. The standard InChI is InChI=1S/C16H22O2/c1-4-16(9-5-6-10-16)15(17)13-7-8-14(18-3)12(2)11-13/h7-8,11H,4-6,9-10H2,1-3H3. The maximum Gasteiger partial charge on any atom is 0.169 e. The molecule has 0 amide bonds. The van der Waals surface area contributed by atoms with Gasteiger partial charge in [-0.3, -0.25) is 4.79 Å². The number of benzene rings is 1. The molecule has 0 radical (unpaired) electrons. The highest BCUT2D eigenvalue weighted by Gasteiger charge is 2.39. The number of aryl methyl sites for hydroxylation is 1. The van der Waals surface area contributed by atoms with Gasteiger partial charge in [0.15, 0.2) is 5.78 Å². The molecule has 2 nitrogen and oxygen atoms in total. The van der Waals surface area contributed by atoms with E-state index >= 15 is 0 Å². The van der Waals surface area contributed by atoms with Gasteiger partial charge >= 0.3 is 0 Å². The molecule has 1 aliphatic rings. The topological polar surface area (TPSA) is 26.3 Å². The lowest BCUT2D eigenvalue weighted by atomic mass is 9.76. The molecule has 1 saturated carbocycles. The highest BCUT2D eigenvalue weighted by molar-refractivity contribution is 6.01. The lowest BCUT2D eigenvalue weighted by Crippen LogP contribution is -2.27. The number of methoxy groups -OCH3 is 1. The number of Topliss-reactive ketones (excluding diaryl/α,β-unsaturated/α-hetero) is 1. The molecule has 0 bridgehead atoms. The maximum atomic E-state index is 12.7. The Labute approximate surface area is 109 Å². The summed E-state index contributed by atoms with van der Waals surface area (Å²) < 4.78 is 5.25. The molecular formula is C16H22O2. The zero-order valence-corrected chi connectivity index (χ0v) is 11.6. The third-order valence-electron chi connectivity index (χ3n) is 4.38. The van der Waals surface area contributed by atoms with Gasteiger partial charge in [-0.15, -0.1) is 0 Å². The molecule has 0 unspecified atom stereocenters. The molecule has 0 N–H and O–H groups in total. The van der Waals surface area contributed by atoms with Crippen molar-refractivity contribution in [2.75, 3.05) is 7.11 Å². The molecule has 1 aromatic rings. The van der Waals surface area contributed by atoms with E-state index in [4.69, 9.17) is 4.74 Å². The Hall–Kier alpha value is -1.31. The van der Waals surface area contributed by atoms with Gasteiger partial charge in [-0.1, -0.05) is 19.8 Å². The van der Waals surface area contributed by atoms with Crippen LogP contribution in [0, 0.1) is 12.3 Å². The fraction of sp³-hybridized carbons (Fsp3) is 0.562. The van der Waals surface area contributed by atoms with Crippen molar-refractivity contribution in [1.29, 1.82) is 0 Å². The van der Waals surface area contributed by atoms with E-state index in [1.54, 1.807) is 7.11 Å². The quantitative estimate of drug-likeness (QED) is 0.746. The normalized spacial score (nSPS) is 17.7. The van der Waals surface area contributed by atoms with Gasteiger partial charge in [-0.2, -0.15) is 0 Å². The lowest BCUT2D eigenvalue weighted by Gasteiger charge is -2.26.